The van der Waals surface area contributed by atoms with Crippen LogP contribution in [0.1, 0.15) is 12.8 Å². The van der Waals surface area contributed by atoms with Crippen molar-refractivity contribution in [3.63, 3.8) is 0 Å². The Morgan fingerprint density at radius 1 is 1.33 bits per heavy atom. The van der Waals surface area contributed by atoms with Crippen molar-refractivity contribution in [2.45, 2.75) is 12.8 Å². The number of likely N-dealkylation sites (tertiary alicyclic amines) is 1. The Balaban J connectivity index is 1.71. The van der Waals surface area contributed by atoms with E-state index in [1.54, 1.807) is 6.20 Å². The van der Waals surface area contributed by atoms with Crippen molar-refractivity contribution in [3.05, 3.63) is 22.0 Å². The van der Waals surface area contributed by atoms with Gasteiger partial charge in [0.2, 0.25) is 0 Å². The highest BCUT2D eigenvalue weighted by molar-refractivity contribution is 14.1. The highest BCUT2D eigenvalue weighted by atomic mass is 127. The predicted molar refractivity (Wildman–Crippen MR) is 68.1 cm³/mol. The molecule has 0 aliphatic carbocycles. The van der Waals surface area contributed by atoms with Gasteiger partial charge in [-0.3, -0.25) is 4.90 Å². The Hall–Kier alpha value is -0.360. The monoisotopic (exact) mass is 318 g/mol. The molecule has 0 saturated carbocycles. The highest BCUT2D eigenvalue weighted by Gasteiger charge is 2.10. The van der Waals surface area contributed by atoms with Crippen LogP contribution in [0.15, 0.2) is 18.3 Å². The molecule has 1 aromatic heterocycles. The van der Waals surface area contributed by atoms with Crippen molar-refractivity contribution in [1.82, 2.24) is 9.88 Å². The predicted octanol–water partition coefficient (Wildman–Crippen LogP) is 2.16. The third-order valence-corrected chi connectivity index (χ3v) is 3.21. The first-order valence-corrected chi connectivity index (χ1v) is 6.39. The molecule has 4 heteroatoms. The van der Waals surface area contributed by atoms with E-state index in [1.165, 1.54) is 25.9 Å². The minimum Gasteiger partial charge on any atom is -0.491 e. The van der Waals surface area contributed by atoms with E-state index in [1.807, 2.05) is 12.1 Å². The summed E-state index contributed by atoms with van der Waals surface area (Å²) in [5.41, 5.74) is 0. The molecule has 1 saturated heterocycles. The molecule has 0 radical (unpaired) electrons. The van der Waals surface area contributed by atoms with Gasteiger partial charge in [-0.1, -0.05) is 0 Å². The molecule has 0 N–H and O–H groups in total. The molecule has 0 atom stereocenters. The van der Waals surface area contributed by atoms with E-state index in [0.717, 1.165) is 22.6 Å². The van der Waals surface area contributed by atoms with Crippen LogP contribution >= 0.6 is 22.6 Å². The van der Waals surface area contributed by atoms with Crippen LogP contribution in [0.4, 0.5) is 0 Å². The number of ether oxygens (including phenoxy) is 1. The number of halogens is 1. The summed E-state index contributed by atoms with van der Waals surface area (Å²) in [7, 11) is 0. The Kier molecular flexibility index (Phi) is 4.19. The van der Waals surface area contributed by atoms with Crippen LogP contribution in [-0.4, -0.2) is 36.1 Å². The molecule has 0 unspecified atom stereocenters. The van der Waals surface area contributed by atoms with Crippen LogP contribution in [0.25, 0.3) is 0 Å². The van der Waals surface area contributed by atoms with Crippen LogP contribution in [0.5, 0.6) is 5.75 Å². The van der Waals surface area contributed by atoms with Gasteiger partial charge in [0, 0.05) is 6.54 Å². The number of hydrogen-bond donors (Lipinski definition) is 0. The van der Waals surface area contributed by atoms with E-state index in [0.29, 0.717) is 0 Å². The minimum absolute atomic E-state index is 0.766. The van der Waals surface area contributed by atoms with Gasteiger partial charge in [0.05, 0.1) is 6.20 Å². The van der Waals surface area contributed by atoms with Crippen molar-refractivity contribution in [1.29, 1.82) is 0 Å². The SMILES string of the molecule is Ic1ccc(OCCN2CCCC2)cn1. The van der Waals surface area contributed by atoms with E-state index >= 15 is 0 Å². The summed E-state index contributed by atoms with van der Waals surface area (Å²) in [4.78, 5) is 6.62. The van der Waals surface area contributed by atoms with Gasteiger partial charge in [0.25, 0.3) is 0 Å². The van der Waals surface area contributed by atoms with E-state index < -0.39 is 0 Å². The summed E-state index contributed by atoms with van der Waals surface area (Å²) in [6.45, 7) is 4.26. The molecule has 2 heterocycles. The van der Waals surface area contributed by atoms with Crippen LogP contribution in [-0.2, 0) is 0 Å². The maximum Gasteiger partial charge on any atom is 0.137 e. The van der Waals surface area contributed by atoms with E-state index in [2.05, 4.69) is 32.5 Å². The second-order valence-electron chi connectivity index (χ2n) is 3.71. The molecule has 82 valence electrons. The van der Waals surface area contributed by atoms with Gasteiger partial charge in [0.1, 0.15) is 16.1 Å². The van der Waals surface area contributed by atoms with Crippen LogP contribution in [0, 0.1) is 3.70 Å². The summed E-state index contributed by atoms with van der Waals surface area (Å²) in [5, 5.41) is 0. The number of aromatic nitrogens is 1. The van der Waals surface area contributed by atoms with Gasteiger partial charge < -0.3 is 4.74 Å². The van der Waals surface area contributed by atoms with Crippen molar-refractivity contribution in [3.8, 4) is 5.75 Å². The highest BCUT2D eigenvalue weighted by Crippen LogP contribution is 2.11. The third kappa shape index (κ3) is 3.61. The quantitative estimate of drug-likeness (QED) is 0.628. The molecule has 0 amide bonds. The molecule has 3 nitrogen and oxygen atoms in total. The Morgan fingerprint density at radius 2 is 2.13 bits per heavy atom. The Morgan fingerprint density at radius 3 is 2.80 bits per heavy atom. The molecule has 2 rings (SSSR count). The number of rotatable bonds is 4. The van der Waals surface area contributed by atoms with Gasteiger partial charge in [0.15, 0.2) is 0 Å². The summed E-state index contributed by atoms with van der Waals surface area (Å²) >= 11 is 2.19. The third-order valence-electron chi connectivity index (χ3n) is 2.58. The lowest BCUT2D eigenvalue weighted by atomic mass is 10.4. The largest absolute Gasteiger partial charge is 0.491 e. The molecule has 1 aromatic rings. The molecule has 0 spiro atoms. The van der Waals surface area contributed by atoms with Crippen molar-refractivity contribution in [2.24, 2.45) is 0 Å². The topological polar surface area (TPSA) is 25.4 Å². The molecule has 1 aliphatic rings. The van der Waals surface area contributed by atoms with Gasteiger partial charge >= 0.3 is 0 Å². The van der Waals surface area contributed by atoms with Crippen LogP contribution in [0.3, 0.4) is 0 Å². The fraction of sp³-hybridized carbons (Fsp3) is 0.545. The van der Waals surface area contributed by atoms with Gasteiger partial charge in [-0.2, -0.15) is 0 Å². The average Bonchev–Trinajstić information content (AvgIpc) is 2.74. The number of pyridine rings is 1. The van der Waals surface area contributed by atoms with Crippen LogP contribution < -0.4 is 4.74 Å². The standard InChI is InChI=1S/C11H15IN2O/c12-11-4-3-10(9-13-11)15-8-7-14-5-1-2-6-14/h3-4,9H,1-2,5-8H2. The zero-order valence-electron chi connectivity index (χ0n) is 8.66. The maximum atomic E-state index is 5.62. The minimum atomic E-state index is 0.766. The smallest absolute Gasteiger partial charge is 0.137 e. The first-order chi connectivity index (χ1) is 7.34. The lowest BCUT2D eigenvalue weighted by molar-refractivity contribution is 0.237. The normalized spacial score (nSPS) is 16.9. The van der Waals surface area contributed by atoms with Crippen molar-refractivity contribution >= 4 is 22.6 Å². The molecule has 0 bridgehead atoms. The van der Waals surface area contributed by atoms with Gasteiger partial charge in [-0.05, 0) is 60.7 Å². The Bertz CT molecular complexity index is 296. The molecule has 0 aromatic carbocycles. The van der Waals surface area contributed by atoms with Crippen LogP contribution in [0.2, 0.25) is 0 Å². The van der Waals surface area contributed by atoms with E-state index in [-0.39, 0.29) is 0 Å². The fourth-order valence-corrected chi connectivity index (χ4v) is 2.07. The zero-order valence-corrected chi connectivity index (χ0v) is 10.8. The maximum absolute atomic E-state index is 5.62. The lowest BCUT2D eigenvalue weighted by Gasteiger charge is -2.14. The first-order valence-electron chi connectivity index (χ1n) is 5.31. The number of nitrogens with zero attached hydrogens (tertiary/aromatic N) is 2. The fourth-order valence-electron chi connectivity index (χ4n) is 1.75. The second kappa shape index (κ2) is 5.65. The average molecular weight is 318 g/mol. The zero-order chi connectivity index (χ0) is 10.5. The summed E-state index contributed by atoms with van der Waals surface area (Å²) in [6, 6.07) is 3.94. The van der Waals surface area contributed by atoms with Crippen molar-refractivity contribution in [2.75, 3.05) is 26.2 Å². The number of hydrogen-bond acceptors (Lipinski definition) is 3. The Labute approximate surface area is 104 Å². The summed E-state index contributed by atoms with van der Waals surface area (Å²) in [6.07, 6.45) is 4.46. The molecule has 1 fully saturated rings. The summed E-state index contributed by atoms with van der Waals surface area (Å²) in [5.74, 6) is 0.870. The second-order valence-corrected chi connectivity index (χ2v) is 4.82. The van der Waals surface area contributed by atoms with Crippen molar-refractivity contribution < 1.29 is 4.74 Å². The molecular weight excluding hydrogens is 303 g/mol. The lowest BCUT2D eigenvalue weighted by Crippen LogP contribution is -2.25. The van der Waals surface area contributed by atoms with E-state index in [4.69, 9.17) is 4.74 Å². The van der Waals surface area contributed by atoms with Gasteiger partial charge in [-0.25, -0.2) is 4.98 Å². The first kappa shape index (κ1) is 11.1. The molecule has 1 aliphatic heterocycles. The summed E-state index contributed by atoms with van der Waals surface area (Å²) < 4.78 is 6.61. The van der Waals surface area contributed by atoms with E-state index in [9.17, 15) is 0 Å². The van der Waals surface area contributed by atoms with Gasteiger partial charge in [-0.15, -0.1) is 0 Å². The molecular formula is C11H15IN2O. The molecule has 15 heavy (non-hydrogen) atoms.